The zero-order valence-corrected chi connectivity index (χ0v) is 12.4. The molecule has 0 fully saturated rings. The van der Waals surface area contributed by atoms with Gasteiger partial charge in [0.2, 0.25) is 5.91 Å². The Hall–Kier alpha value is -1.59. The highest BCUT2D eigenvalue weighted by atomic mass is 16.5. The lowest BCUT2D eigenvalue weighted by Crippen LogP contribution is -2.37. The molecule has 1 aromatic carbocycles. The van der Waals surface area contributed by atoms with E-state index in [4.69, 9.17) is 4.74 Å². The second-order valence-electron chi connectivity index (χ2n) is 4.68. The molecule has 5 nitrogen and oxygen atoms in total. The normalized spacial score (nSPS) is 12.0. The lowest BCUT2D eigenvalue weighted by atomic mass is 10.0. The summed E-state index contributed by atoms with van der Waals surface area (Å²) in [6.07, 6.45) is 0.135. The molecule has 0 aliphatic rings. The van der Waals surface area contributed by atoms with Crippen LogP contribution in [0.4, 0.5) is 5.69 Å². The van der Waals surface area contributed by atoms with E-state index in [2.05, 4.69) is 5.32 Å². The molecule has 0 heterocycles. The number of anilines is 1. The van der Waals surface area contributed by atoms with Crippen LogP contribution in [0.2, 0.25) is 0 Å². The first-order valence-electron chi connectivity index (χ1n) is 6.83. The van der Waals surface area contributed by atoms with Gasteiger partial charge < -0.3 is 20.1 Å². The summed E-state index contributed by atoms with van der Waals surface area (Å²) < 4.78 is 4.89. The van der Waals surface area contributed by atoms with E-state index in [0.29, 0.717) is 19.6 Å². The number of para-hydroxylation sites is 1. The quantitative estimate of drug-likeness (QED) is 0.705. The Bertz CT molecular complexity index is 423. The van der Waals surface area contributed by atoms with Crippen LogP contribution in [-0.4, -0.2) is 44.9 Å². The average molecular weight is 280 g/mol. The maximum Gasteiger partial charge on any atom is 0.239 e. The number of nitrogens with one attached hydrogen (secondary N) is 1. The highest BCUT2D eigenvalue weighted by molar-refractivity contribution is 5.81. The highest BCUT2D eigenvalue weighted by Gasteiger charge is 2.14. The van der Waals surface area contributed by atoms with Gasteiger partial charge in [-0.2, -0.15) is 0 Å². The van der Waals surface area contributed by atoms with Crippen LogP contribution < -0.4 is 10.2 Å². The summed E-state index contributed by atoms with van der Waals surface area (Å²) in [6.45, 7) is 3.18. The molecule has 1 unspecified atom stereocenters. The van der Waals surface area contributed by atoms with E-state index in [-0.39, 0.29) is 12.5 Å². The zero-order chi connectivity index (χ0) is 15.0. The van der Waals surface area contributed by atoms with E-state index in [1.165, 1.54) is 0 Å². The number of benzene rings is 1. The Morgan fingerprint density at radius 2 is 2.15 bits per heavy atom. The molecule has 0 aliphatic carbocycles. The molecule has 1 atom stereocenters. The van der Waals surface area contributed by atoms with Crippen LogP contribution in [0.1, 0.15) is 25.0 Å². The fourth-order valence-electron chi connectivity index (χ4n) is 1.99. The van der Waals surface area contributed by atoms with Crippen LogP contribution in [0.3, 0.4) is 0 Å². The molecule has 0 radical (unpaired) electrons. The van der Waals surface area contributed by atoms with Crippen LogP contribution in [0.5, 0.6) is 0 Å². The monoisotopic (exact) mass is 280 g/mol. The van der Waals surface area contributed by atoms with E-state index in [1.54, 1.807) is 7.11 Å². The topological polar surface area (TPSA) is 61.8 Å². The van der Waals surface area contributed by atoms with Crippen LogP contribution >= 0.6 is 0 Å². The number of carbonyl (C=O) groups is 1. The number of carbonyl (C=O) groups excluding carboxylic acids is 1. The molecule has 0 aliphatic heterocycles. The van der Waals surface area contributed by atoms with Crippen molar-refractivity contribution >= 4 is 11.6 Å². The number of likely N-dealkylation sites (N-methyl/N-ethyl adjacent to an activating group) is 1. The standard InChI is InChI=1S/C15H24N2O3/c1-4-14(18)12-7-5-6-8-13(12)17(2)11-15(19)16-9-10-20-3/h5-8,14,18H,4,9-11H2,1-3H3,(H,16,19). The molecule has 1 amide bonds. The highest BCUT2D eigenvalue weighted by Crippen LogP contribution is 2.27. The minimum absolute atomic E-state index is 0.0645. The molecule has 0 saturated carbocycles. The second-order valence-corrected chi connectivity index (χ2v) is 4.68. The summed E-state index contributed by atoms with van der Waals surface area (Å²) in [5.74, 6) is -0.0645. The van der Waals surface area contributed by atoms with Crippen molar-refractivity contribution in [3.63, 3.8) is 0 Å². The van der Waals surface area contributed by atoms with E-state index >= 15 is 0 Å². The predicted octanol–water partition coefficient (Wildman–Crippen LogP) is 1.33. The summed E-state index contributed by atoms with van der Waals surface area (Å²) >= 11 is 0. The van der Waals surface area contributed by atoms with Crippen molar-refractivity contribution in [2.75, 3.05) is 38.8 Å². The van der Waals surface area contributed by atoms with Gasteiger partial charge in [0.15, 0.2) is 0 Å². The maximum absolute atomic E-state index is 11.8. The van der Waals surface area contributed by atoms with Crippen molar-refractivity contribution in [3.05, 3.63) is 29.8 Å². The van der Waals surface area contributed by atoms with Crippen molar-refractivity contribution < 1.29 is 14.6 Å². The van der Waals surface area contributed by atoms with Gasteiger partial charge in [0.05, 0.1) is 19.3 Å². The molecule has 0 spiro atoms. The molecular formula is C15H24N2O3. The number of methoxy groups -OCH3 is 1. The van der Waals surface area contributed by atoms with Gasteiger partial charge in [-0.25, -0.2) is 0 Å². The van der Waals surface area contributed by atoms with Crippen LogP contribution in [0.25, 0.3) is 0 Å². The maximum atomic E-state index is 11.8. The van der Waals surface area contributed by atoms with Crippen LogP contribution in [-0.2, 0) is 9.53 Å². The third-order valence-electron chi connectivity index (χ3n) is 3.10. The molecule has 5 heteroatoms. The van der Waals surface area contributed by atoms with Gasteiger partial charge in [0.25, 0.3) is 0 Å². The van der Waals surface area contributed by atoms with Crippen LogP contribution in [0, 0.1) is 0 Å². The number of nitrogens with zero attached hydrogens (tertiary/aromatic N) is 1. The number of aliphatic hydroxyl groups is 1. The van der Waals surface area contributed by atoms with E-state index in [1.807, 2.05) is 43.1 Å². The molecule has 0 bridgehead atoms. The Balaban J connectivity index is 2.67. The van der Waals surface area contributed by atoms with Crippen molar-refractivity contribution in [3.8, 4) is 0 Å². The summed E-state index contributed by atoms with van der Waals surface area (Å²) in [7, 11) is 3.44. The average Bonchev–Trinajstić information content (AvgIpc) is 2.46. The number of hydrogen-bond acceptors (Lipinski definition) is 4. The fraction of sp³-hybridized carbons (Fsp3) is 0.533. The van der Waals surface area contributed by atoms with Gasteiger partial charge >= 0.3 is 0 Å². The Labute approximate surface area is 120 Å². The van der Waals surface area contributed by atoms with Crippen molar-refractivity contribution in [2.24, 2.45) is 0 Å². The summed E-state index contributed by atoms with van der Waals surface area (Å²) in [5.41, 5.74) is 1.73. The predicted molar refractivity (Wildman–Crippen MR) is 79.8 cm³/mol. The number of hydrogen-bond donors (Lipinski definition) is 2. The first-order chi connectivity index (χ1) is 9.60. The molecule has 20 heavy (non-hydrogen) atoms. The minimum Gasteiger partial charge on any atom is -0.388 e. The minimum atomic E-state index is -0.509. The smallest absolute Gasteiger partial charge is 0.239 e. The molecular weight excluding hydrogens is 256 g/mol. The molecule has 1 rings (SSSR count). The SMILES string of the molecule is CCC(O)c1ccccc1N(C)CC(=O)NCCOC. The Morgan fingerprint density at radius 3 is 2.80 bits per heavy atom. The first-order valence-corrected chi connectivity index (χ1v) is 6.83. The van der Waals surface area contributed by atoms with Gasteiger partial charge in [-0.3, -0.25) is 4.79 Å². The molecule has 0 aromatic heterocycles. The number of ether oxygens (including phenoxy) is 1. The van der Waals surface area contributed by atoms with Gasteiger partial charge in [-0.05, 0) is 12.5 Å². The Morgan fingerprint density at radius 1 is 1.45 bits per heavy atom. The molecule has 1 aromatic rings. The van der Waals surface area contributed by atoms with Crippen molar-refractivity contribution in [2.45, 2.75) is 19.4 Å². The summed E-state index contributed by atoms with van der Waals surface area (Å²) in [5, 5.41) is 12.8. The first kappa shape index (κ1) is 16.5. The summed E-state index contributed by atoms with van der Waals surface area (Å²) in [4.78, 5) is 13.6. The zero-order valence-electron chi connectivity index (χ0n) is 12.4. The third kappa shape index (κ3) is 4.83. The molecule has 0 saturated heterocycles. The van der Waals surface area contributed by atoms with Gasteiger partial charge in [0.1, 0.15) is 0 Å². The van der Waals surface area contributed by atoms with E-state index in [9.17, 15) is 9.90 Å². The third-order valence-corrected chi connectivity index (χ3v) is 3.10. The number of amides is 1. The summed E-state index contributed by atoms with van der Waals surface area (Å²) in [6, 6.07) is 7.60. The second kappa shape index (κ2) is 8.55. The lowest BCUT2D eigenvalue weighted by molar-refractivity contribution is -0.119. The van der Waals surface area contributed by atoms with Crippen LogP contribution in [0.15, 0.2) is 24.3 Å². The van der Waals surface area contributed by atoms with Crippen molar-refractivity contribution in [1.29, 1.82) is 0 Å². The van der Waals surface area contributed by atoms with E-state index < -0.39 is 6.10 Å². The number of rotatable bonds is 8. The number of aliphatic hydroxyl groups excluding tert-OH is 1. The molecule has 112 valence electrons. The molecule has 2 N–H and O–H groups in total. The van der Waals surface area contributed by atoms with Crippen molar-refractivity contribution in [1.82, 2.24) is 5.32 Å². The lowest BCUT2D eigenvalue weighted by Gasteiger charge is -2.23. The Kier molecular flexibility index (Phi) is 7.04. The fourth-order valence-corrected chi connectivity index (χ4v) is 1.99. The largest absolute Gasteiger partial charge is 0.388 e. The van der Waals surface area contributed by atoms with Gasteiger partial charge in [-0.1, -0.05) is 25.1 Å². The van der Waals surface area contributed by atoms with Gasteiger partial charge in [-0.15, -0.1) is 0 Å². The van der Waals surface area contributed by atoms with E-state index in [0.717, 1.165) is 11.3 Å². The van der Waals surface area contributed by atoms with Gasteiger partial charge in [0, 0.05) is 32.0 Å².